The minimum absolute atomic E-state index is 0.0855. The first-order valence-electron chi connectivity index (χ1n) is 7.93. The number of carbonyl (C=O) groups excluding carboxylic acids is 1. The molecule has 2 atom stereocenters. The molecule has 1 aliphatic rings. The number of benzene rings is 1. The van der Waals surface area contributed by atoms with E-state index in [1.165, 1.54) is 0 Å². The van der Waals surface area contributed by atoms with E-state index in [1.807, 2.05) is 29.2 Å². The highest BCUT2D eigenvalue weighted by Crippen LogP contribution is 2.22. The number of piperidine rings is 1. The fourth-order valence-corrected chi connectivity index (χ4v) is 2.79. The molecular weight excluding hydrogens is 264 g/mol. The van der Waals surface area contributed by atoms with Gasteiger partial charge >= 0.3 is 0 Å². The van der Waals surface area contributed by atoms with Crippen molar-refractivity contribution in [3.05, 3.63) is 29.8 Å². The Morgan fingerprint density at radius 1 is 1.43 bits per heavy atom. The minimum atomic E-state index is 0.0855. The Morgan fingerprint density at radius 3 is 2.95 bits per heavy atom. The summed E-state index contributed by atoms with van der Waals surface area (Å²) in [5, 5.41) is 0. The lowest BCUT2D eigenvalue weighted by Crippen LogP contribution is -2.49. The Bertz CT molecular complexity index is 476. The van der Waals surface area contributed by atoms with Crippen LogP contribution in [0, 0.1) is 5.92 Å². The monoisotopic (exact) mass is 290 g/mol. The molecule has 2 rings (SSSR count). The molecular formula is C17H26N2O2. The van der Waals surface area contributed by atoms with Crippen molar-refractivity contribution >= 4 is 5.91 Å². The van der Waals surface area contributed by atoms with Crippen LogP contribution < -0.4 is 10.5 Å². The lowest BCUT2D eigenvalue weighted by Gasteiger charge is -2.36. The molecule has 0 radical (unpaired) electrons. The predicted octanol–water partition coefficient (Wildman–Crippen LogP) is 2.67. The van der Waals surface area contributed by atoms with E-state index in [9.17, 15) is 4.79 Å². The molecule has 0 bridgehead atoms. The number of likely N-dealkylation sites (tertiary alicyclic amines) is 1. The Labute approximate surface area is 127 Å². The molecule has 2 unspecified atom stereocenters. The summed E-state index contributed by atoms with van der Waals surface area (Å²) < 4.78 is 5.60. The van der Waals surface area contributed by atoms with Crippen LogP contribution in [0.25, 0.3) is 0 Å². The van der Waals surface area contributed by atoms with Crippen molar-refractivity contribution in [3.8, 4) is 5.75 Å². The summed E-state index contributed by atoms with van der Waals surface area (Å²) in [4.78, 5) is 14.6. The molecule has 0 aromatic heterocycles. The maximum absolute atomic E-state index is 12.6. The highest BCUT2D eigenvalue weighted by Gasteiger charge is 2.28. The van der Waals surface area contributed by atoms with Crippen molar-refractivity contribution < 1.29 is 9.53 Å². The number of carbonyl (C=O) groups is 1. The third-order valence-corrected chi connectivity index (χ3v) is 4.16. The highest BCUT2D eigenvalue weighted by atomic mass is 16.5. The molecule has 1 heterocycles. The van der Waals surface area contributed by atoms with Gasteiger partial charge in [0.25, 0.3) is 5.91 Å². The minimum Gasteiger partial charge on any atom is -0.494 e. The van der Waals surface area contributed by atoms with Crippen molar-refractivity contribution in [2.24, 2.45) is 11.7 Å². The summed E-state index contributed by atoms with van der Waals surface area (Å²) in [5.41, 5.74) is 6.81. The smallest absolute Gasteiger partial charge is 0.253 e. The van der Waals surface area contributed by atoms with Crippen LogP contribution in [0.5, 0.6) is 5.75 Å². The van der Waals surface area contributed by atoms with Gasteiger partial charge in [-0.3, -0.25) is 4.79 Å². The third kappa shape index (κ3) is 3.97. The SMILES string of the molecule is CCCOc1cccc(C(=O)N2CCC(N)C(CC)C2)c1. The van der Waals surface area contributed by atoms with Crippen LogP contribution in [0.15, 0.2) is 24.3 Å². The molecule has 4 heteroatoms. The van der Waals surface area contributed by atoms with Crippen molar-refractivity contribution in [2.45, 2.75) is 39.2 Å². The van der Waals surface area contributed by atoms with Gasteiger partial charge in [0, 0.05) is 24.7 Å². The molecule has 1 aromatic rings. The average Bonchev–Trinajstić information content (AvgIpc) is 2.53. The largest absolute Gasteiger partial charge is 0.494 e. The lowest BCUT2D eigenvalue weighted by atomic mass is 9.90. The van der Waals surface area contributed by atoms with E-state index in [4.69, 9.17) is 10.5 Å². The van der Waals surface area contributed by atoms with Gasteiger partial charge in [-0.2, -0.15) is 0 Å². The van der Waals surface area contributed by atoms with Crippen molar-refractivity contribution in [1.29, 1.82) is 0 Å². The number of rotatable bonds is 5. The quantitative estimate of drug-likeness (QED) is 0.907. The van der Waals surface area contributed by atoms with Crippen LogP contribution in [-0.4, -0.2) is 36.5 Å². The second-order valence-corrected chi connectivity index (χ2v) is 5.75. The first kappa shape index (κ1) is 15.8. The van der Waals surface area contributed by atoms with Crippen molar-refractivity contribution in [2.75, 3.05) is 19.7 Å². The molecule has 21 heavy (non-hydrogen) atoms. The zero-order valence-corrected chi connectivity index (χ0v) is 13.0. The van der Waals surface area contributed by atoms with Crippen LogP contribution in [0.1, 0.15) is 43.5 Å². The Morgan fingerprint density at radius 2 is 2.24 bits per heavy atom. The number of amides is 1. The summed E-state index contributed by atoms with van der Waals surface area (Å²) in [6.07, 6.45) is 2.86. The van der Waals surface area contributed by atoms with Crippen LogP contribution >= 0.6 is 0 Å². The summed E-state index contributed by atoms with van der Waals surface area (Å²) in [5.74, 6) is 1.26. The van der Waals surface area contributed by atoms with E-state index < -0.39 is 0 Å². The van der Waals surface area contributed by atoms with Gasteiger partial charge in [-0.05, 0) is 37.0 Å². The zero-order valence-electron chi connectivity index (χ0n) is 13.0. The van der Waals surface area contributed by atoms with Gasteiger partial charge in [-0.25, -0.2) is 0 Å². The second kappa shape index (κ2) is 7.46. The fourth-order valence-electron chi connectivity index (χ4n) is 2.79. The standard InChI is InChI=1S/C17H26N2O2/c1-3-10-21-15-7-5-6-14(11-15)17(20)19-9-8-16(18)13(4-2)12-19/h5-7,11,13,16H,3-4,8-10,12,18H2,1-2H3. The Hall–Kier alpha value is -1.55. The van der Waals surface area contributed by atoms with E-state index in [0.29, 0.717) is 18.1 Å². The number of nitrogens with two attached hydrogens (primary N) is 1. The Balaban J connectivity index is 2.05. The molecule has 116 valence electrons. The van der Waals surface area contributed by atoms with Gasteiger partial charge in [-0.15, -0.1) is 0 Å². The fraction of sp³-hybridized carbons (Fsp3) is 0.588. The number of hydrogen-bond acceptors (Lipinski definition) is 3. The van der Waals surface area contributed by atoms with E-state index >= 15 is 0 Å². The van der Waals surface area contributed by atoms with Crippen LogP contribution in [0.3, 0.4) is 0 Å². The van der Waals surface area contributed by atoms with Crippen LogP contribution in [0.2, 0.25) is 0 Å². The molecule has 1 fully saturated rings. The third-order valence-electron chi connectivity index (χ3n) is 4.16. The van der Waals surface area contributed by atoms with E-state index in [2.05, 4.69) is 13.8 Å². The van der Waals surface area contributed by atoms with Gasteiger partial charge < -0.3 is 15.4 Å². The molecule has 0 saturated carbocycles. The van der Waals surface area contributed by atoms with Gasteiger partial charge in [0.15, 0.2) is 0 Å². The second-order valence-electron chi connectivity index (χ2n) is 5.75. The highest BCUT2D eigenvalue weighted by molar-refractivity contribution is 5.94. The maximum Gasteiger partial charge on any atom is 0.253 e. The van der Waals surface area contributed by atoms with Crippen LogP contribution in [0.4, 0.5) is 0 Å². The molecule has 1 aliphatic heterocycles. The van der Waals surface area contributed by atoms with E-state index in [1.54, 1.807) is 0 Å². The van der Waals surface area contributed by atoms with Crippen molar-refractivity contribution in [3.63, 3.8) is 0 Å². The van der Waals surface area contributed by atoms with Crippen LogP contribution in [-0.2, 0) is 0 Å². The average molecular weight is 290 g/mol. The molecule has 1 saturated heterocycles. The molecule has 4 nitrogen and oxygen atoms in total. The van der Waals surface area contributed by atoms with E-state index in [0.717, 1.165) is 38.1 Å². The maximum atomic E-state index is 12.6. The first-order valence-corrected chi connectivity index (χ1v) is 7.93. The molecule has 2 N–H and O–H groups in total. The molecule has 1 aromatic carbocycles. The normalized spacial score (nSPS) is 22.1. The topological polar surface area (TPSA) is 55.6 Å². The molecule has 0 aliphatic carbocycles. The van der Waals surface area contributed by atoms with Gasteiger partial charge in [0.1, 0.15) is 5.75 Å². The molecule has 0 spiro atoms. The number of nitrogens with zero attached hydrogens (tertiary/aromatic N) is 1. The van der Waals surface area contributed by atoms with Gasteiger partial charge in [0.2, 0.25) is 0 Å². The molecule has 1 amide bonds. The zero-order chi connectivity index (χ0) is 15.2. The summed E-state index contributed by atoms with van der Waals surface area (Å²) in [6, 6.07) is 7.70. The first-order chi connectivity index (χ1) is 10.2. The Kier molecular flexibility index (Phi) is 5.62. The number of hydrogen-bond donors (Lipinski definition) is 1. The van der Waals surface area contributed by atoms with Gasteiger partial charge in [-0.1, -0.05) is 26.3 Å². The van der Waals surface area contributed by atoms with E-state index in [-0.39, 0.29) is 11.9 Å². The summed E-state index contributed by atoms with van der Waals surface area (Å²) in [7, 11) is 0. The number of ether oxygens (including phenoxy) is 1. The van der Waals surface area contributed by atoms with Crippen molar-refractivity contribution in [1.82, 2.24) is 4.90 Å². The summed E-state index contributed by atoms with van der Waals surface area (Å²) in [6.45, 7) is 6.38. The lowest BCUT2D eigenvalue weighted by molar-refractivity contribution is 0.0648. The van der Waals surface area contributed by atoms with Gasteiger partial charge in [0.05, 0.1) is 6.61 Å². The summed E-state index contributed by atoms with van der Waals surface area (Å²) >= 11 is 0. The predicted molar refractivity (Wildman–Crippen MR) is 84.5 cm³/mol.